The molecule has 0 aliphatic heterocycles. The Labute approximate surface area is 199 Å². The summed E-state index contributed by atoms with van der Waals surface area (Å²) in [6.45, 7) is 2.42. The molecule has 7 nitrogen and oxygen atoms in total. The highest BCUT2D eigenvalue weighted by molar-refractivity contribution is 9.10. The van der Waals surface area contributed by atoms with E-state index in [9.17, 15) is 20.6 Å². The van der Waals surface area contributed by atoms with Crippen LogP contribution in [0.2, 0.25) is 0 Å². The molecule has 0 spiro atoms. The molecule has 8 heteroatoms. The summed E-state index contributed by atoms with van der Waals surface area (Å²) in [5.41, 5.74) is 2.53. The van der Waals surface area contributed by atoms with Gasteiger partial charge >= 0.3 is 0 Å². The van der Waals surface area contributed by atoms with Gasteiger partial charge in [-0.2, -0.15) is 10.5 Å². The highest BCUT2D eigenvalue weighted by Gasteiger charge is 2.14. The van der Waals surface area contributed by atoms with Crippen LogP contribution >= 0.6 is 15.9 Å². The number of nitrogens with zero attached hydrogens (tertiary/aromatic N) is 3. The summed E-state index contributed by atoms with van der Waals surface area (Å²) in [7, 11) is 0. The Kier molecular flexibility index (Phi) is 7.80. The summed E-state index contributed by atoms with van der Waals surface area (Å²) in [6, 6.07) is 20.8. The predicted molar refractivity (Wildman–Crippen MR) is 127 cm³/mol. The molecule has 3 aromatic carbocycles. The van der Waals surface area contributed by atoms with Crippen molar-refractivity contribution in [1.29, 1.82) is 10.5 Å². The molecule has 164 valence electrons. The standard InChI is InChI=1S/C25H18BrN3O4/c1-2-32-24-12-20(10-21(15-28)17-8-5-9-22(11-17)29(30)31)23(26)13-25(24)33-16-19-7-4-3-6-18(19)14-27/h3-13H,2,16H2,1H3/b21-10-. The van der Waals surface area contributed by atoms with E-state index in [0.717, 1.165) is 5.56 Å². The molecule has 0 atom stereocenters. The maximum absolute atomic E-state index is 11.1. The van der Waals surface area contributed by atoms with Gasteiger partial charge in [-0.1, -0.05) is 46.3 Å². The van der Waals surface area contributed by atoms with Crippen molar-refractivity contribution in [3.05, 3.63) is 97.5 Å². The van der Waals surface area contributed by atoms with Crippen LogP contribution in [0, 0.1) is 32.8 Å². The number of non-ortho nitro benzene ring substituents is 1. The van der Waals surface area contributed by atoms with Gasteiger partial charge in [-0.05, 0) is 42.3 Å². The summed E-state index contributed by atoms with van der Waals surface area (Å²) >= 11 is 3.50. The minimum atomic E-state index is -0.502. The molecule has 0 bridgehead atoms. The fourth-order valence-corrected chi connectivity index (χ4v) is 3.51. The molecule has 0 fully saturated rings. The van der Waals surface area contributed by atoms with Gasteiger partial charge in [0.1, 0.15) is 6.61 Å². The number of benzene rings is 3. The van der Waals surface area contributed by atoms with Crippen LogP contribution in [0.15, 0.2) is 65.1 Å². The molecule has 3 aromatic rings. The number of nitro groups is 1. The third-order valence-corrected chi connectivity index (χ3v) is 5.36. The molecule has 0 N–H and O–H groups in total. The lowest BCUT2D eigenvalue weighted by Crippen LogP contribution is -2.02. The number of nitriles is 2. The van der Waals surface area contributed by atoms with Crippen molar-refractivity contribution < 1.29 is 14.4 Å². The van der Waals surface area contributed by atoms with Crippen LogP contribution in [-0.2, 0) is 6.61 Å². The van der Waals surface area contributed by atoms with E-state index in [0.29, 0.717) is 39.3 Å². The van der Waals surface area contributed by atoms with Crippen molar-refractivity contribution in [2.45, 2.75) is 13.5 Å². The van der Waals surface area contributed by atoms with E-state index in [2.05, 4.69) is 28.1 Å². The minimum absolute atomic E-state index is 0.0934. The van der Waals surface area contributed by atoms with Crippen LogP contribution in [0.3, 0.4) is 0 Å². The van der Waals surface area contributed by atoms with E-state index in [1.54, 1.807) is 36.4 Å². The first kappa shape index (κ1) is 23.5. The number of rotatable bonds is 8. The summed E-state index contributed by atoms with van der Waals surface area (Å²) in [6.07, 6.45) is 1.63. The second kappa shape index (κ2) is 10.9. The molecule has 0 aromatic heterocycles. The third-order valence-electron chi connectivity index (χ3n) is 4.67. The maximum atomic E-state index is 11.1. The van der Waals surface area contributed by atoms with Crippen molar-refractivity contribution in [2.24, 2.45) is 0 Å². The molecular formula is C25H18BrN3O4. The number of allylic oxidation sites excluding steroid dienone is 1. The van der Waals surface area contributed by atoms with Crippen LogP contribution in [0.25, 0.3) is 11.6 Å². The molecule has 0 saturated heterocycles. The second-order valence-electron chi connectivity index (χ2n) is 6.79. The van der Waals surface area contributed by atoms with E-state index < -0.39 is 4.92 Å². The summed E-state index contributed by atoms with van der Waals surface area (Å²) in [4.78, 5) is 10.6. The van der Waals surface area contributed by atoms with Crippen molar-refractivity contribution >= 4 is 33.3 Å². The summed E-state index contributed by atoms with van der Waals surface area (Å²) < 4.78 is 12.3. The van der Waals surface area contributed by atoms with E-state index in [-0.39, 0.29) is 17.9 Å². The van der Waals surface area contributed by atoms with Gasteiger partial charge in [-0.15, -0.1) is 0 Å². The van der Waals surface area contributed by atoms with Crippen molar-refractivity contribution in [2.75, 3.05) is 6.61 Å². The Morgan fingerprint density at radius 2 is 1.85 bits per heavy atom. The van der Waals surface area contributed by atoms with Crippen molar-refractivity contribution in [3.63, 3.8) is 0 Å². The zero-order valence-electron chi connectivity index (χ0n) is 17.6. The molecule has 0 saturated carbocycles. The number of nitro benzene ring substituents is 1. The highest BCUT2D eigenvalue weighted by atomic mass is 79.9. The zero-order valence-corrected chi connectivity index (χ0v) is 19.2. The van der Waals surface area contributed by atoms with Gasteiger partial charge in [-0.25, -0.2) is 0 Å². The van der Waals surface area contributed by atoms with E-state index in [1.807, 2.05) is 19.1 Å². The molecule has 0 aliphatic rings. The van der Waals surface area contributed by atoms with Crippen LogP contribution in [0.5, 0.6) is 11.5 Å². The van der Waals surface area contributed by atoms with E-state index in [1.165, 1.54) is 18.2 Å². The smallest absolute Gasteiger partial charge is 0.270 e. The fraction of sp³-hybridized carbons (Fsp3) is 0.120. The molecule has 0 heterocycles. The minimum Gasteiger partial charge on any atom is -0.490 e. The molecule has 3 rings (SSSR count). The monoisotopic (exact) mass is 503 g/mol. The zero-order chi connectivity index (χ0) is 23.8. The fourth-order valence-electron chi connectivity index (χ4n) is 3.08. The molecule has 0 aliphatic carbocycles. The van der Waals surface area contributed by atoms with Gasteiger partial charge < -0.3 is 9.47 Å². The van der Waals surface area contributed by atoms with Crippen LogP contribution in [0.1, 0.15) is 29.2 Å². The van der Waals surface area contributed by atoms with Gasteiger partial charge in [0.2, 0.25) is 0 Å². The average molecular weight is 504 g/mol. The molecule has 0 radical (unpaired) electrons. The second-order valence-corrected chi connectivity index (χ2v) is 7.64. The quantitative estimate of drug-likeness (QED) is 0.155. The Morgan fingerprint density at radius 3 is 2.55 bits per heavy atom. The summed E-state index contributed by atoms with van der Waals surface area (Å²) in [5, 5.41) is 30.0. The summed E-state index contributed by atoms with van der Waals surface area (Å²) in [5.74, 6) is 0.945. The topological polar surface area (TPSA) is 109 Å². The largest absolute Gasteiger partial charge is 0.490 e. The number of hydrogen-bond donors (Lipinski definition) is 0. The third kappa shape index (κ3) is 5.76. The van der Waals surface area contributed by atoms with Crippen molar-refractivity contribution in [1.82, 2.24) is 0 Å². The van der Waals surface area contributed by atoms with Gasteiger partial charge in [-0.3, -0.25) is 10.1 Å². The van der Waals surface area contributed by atoms with Gasteiger partial charge in [0.05, 0.1) is 34.8 Å². The SMILES string of the molecule is CCOc1cc(/C=C(/C#N)c2cccc([N+](=O)[O-])c2)c(Br)cc1OCc1ccccc1C#N. The first-order valence-corrected chi connectivity index (χ1v) is 10.7. The van der Waals surface area contributed by atoms with Crippen molar-refractivity contribution in [3.8, 4) is 23.6 Å². The number of halogens is 1. The van der Waals surface area contributed by atoms with Crippen LogP contribution < -0.4 is 9.47 Å². The molecule has 0 amide bonds. The van der Waals surface area contributed by atoms with E-state index >= 15 is 0 Å². The number of ether oxygens (including phenoxy) is 2. The Morgan fingerprint density at radius 1 is 1.09 bits per heavy atom. The highest BCUT2D eigenvalue weighted by Crippen LogP contribution is 2.36. The first-order chi connectivity index (χ1) is 16.0. The lowest BCUT2D eigenvalue weighted by molar-refractivity contribution is -0.384. The van der Waals surface area contributed by atoms with E-state index in [4.69, 9.17) is 9.47 Å². The van der Waals surface area contributed by atoms with Gasteiger partial charge in [0, 0.05) is 22.2 Å². The van der Waals surface area contributed by atoms with Crippen LogP contribution in [-0.4, -0.2) is 11.5 Å². The Bertz CT molecular complexity index is 1310. The Balaban J connectivity index is 1.96. The number of hydrogen-bond acceptors (Lipinski definition) is 6. The molecule has 0 unspecified atom stereocenters. The Hall–Kier alpha value is -4.14. The average Bonchev–Trinajstić information content (AvgIpc) is 2.83. The lowest BCUT2D eigenvalue weighted by atomic mass is 10.0. The molecule has 33 heavy (non-hydrogen) atoms. The molecular weight excluding hydrogens is 486 g/mol. The van der Waals surface area contributed by atoms with Gasteiger partial charge in [0.15, 0.2) is 11.5 Å². The predicted octanol–water partition coefficient (Wildman–Crippen LogP) is 6.27. The van der Waals surface area contributed by atoms with Crippen LogP contribution in [0.4, 0.5) is 5.69 Å². The normalized spacial score (nSPS) is 10.7. The van der Waals surface area contributed by atoms with Gasteiger partial charge in [0.25, 0.3) is 5.69 Å². The lowest BCUT2D eigenvalue weighted by Gasteiger charge is -2.15. The first-order valence-electron chi connectivity index (χ1n) is 9.90. The maximum Gasteiger partial charge on any atom is 0.270 e.